The van der Waals surface area contributed by atoms with E-state index in [2.05, 4.69) is 94.3 Å². The van der Waals surface area contributed by atoms with Crippen LogP contribution in [0.2, 0.25) is 0 Å². The Bertz CT molecular complexity index is 1700. The fourth-order valence-electron chi connectivity index (χ4n) is 4.95. The average Bonchev–Trinajstić information content (AvgIpc) is 3.74. The first-order valence-corrected chi connectivity index (χ1v) is 17.1. The van der Waals surface area contributed by atoms with Gasteiger partial charge in [-0.3, -0.25) is 9.59 Å². The van der Waals surface area contributed by atoms with E-state index in [4.69, 9.17) is 0 Å². The number of H-pyrrole nitrogens is 2. The molecule has 13 nitrogen and oxygen atoms in total. The van der Waals surface area contributed by atoms with Gasteiger partial charge in [-0.2, -0.15) is 12.7 Å². The number of rotatable bonds is 9. The monoisotopic (exact) mass is 851 g/mol. The van der Waals surface area contributed by atoms with Gasteiger partial charge < -0.3 is 25.2 Å². The lowest BCUT2D eigenvalue weighted by atomic mass is 9.78. The van der Waals surface area contributed by atoms with Crippen molar-refractivity contribution in [3.8, 4) is 0 Å². The Morgan fingerprint density at radius 2 is 1.60 bits per heavy atom. The van der Waals surface area contributed by atoms with Crippen LogP contribution in [0.1, 0.15) is 38.4 Å². The molecule has 3 atom stereocenters. The number of amides is 2. The van der Waals surface area contributed by atoms with Crippen LogP contribution in [0.4, 0.5) is 0 Å². The maximum absolute atomic E-state index is 13.1. The number of carbonyl (C=O) groups is 2. The number of nitrogens with zero attached hydrogens (tertiary/aromatic N) is 5. The number of carbonyl (C=O) groups excluding carboxylic acids is 2. The second-order valence-electron chi connectivity index (χ2n) is 9.89. The van der Waals surface area contributed by atoms with E-state index in [0.717, 1.165) is 18.4 Å². The predicted octanol–water partition coefficient (Wildman–Crippen LogP) is 3.68. The number of nitrogens with one attached hydrogen (secondary N) is 4. The molecule has 5 heterocycles. The minimum absolute atomic E-state index is 0.164. The first-order chi connectivity index (χ1) is 19.9. The fourth-order valence-corrected chi connectivity index (χ4v) is 7.05. The number of imidazole rings is 2. The minimum atomic E-state index is -3.80. The quantitative estimate of drug-likeness (QED) is 0.201. The van der Waals surface area contributed by atoms with E-state index in [1.807, 2.05) is 4.57 Å². The van der Waals surface area contributed by atoms with Gasteiger partial charge >= 0.3 is 10.2 Å². The van der Waals surface area contributed by atoms with Crippen LogP contribution in [0, 0.1) is 11.8 Å². The van der Waals surface area contributed by atoms with Crippen molar-refractivity contribution in [2.45, 2.75) is 12.5 Å². The van der Waals surface area contributed by atoms with Gasteiger partial charge in [0.25, 0.3) is 11.8 Å². The Morgan fingerprint density at radius 3 is 2.14 bits per heavy atom. The molecule has 0 fully saturated rings. The topological polar surface area (TPSA) is 163 Å². The van der Waals surface area contributed by atoms with E-state index in [1.165, 1.54) is 26.6 Å². The molecule has 0 aromatic carbocycles. The molecular weight excluding hydrogens is 830 g/mol. The number of hydrogen-bond donors (Lipinski definition) is 4. The summed E-state index contributed by atoms with van der Waals surface area (Å²) in [6, 6.07) is 2.87. The summed E-state index contributed by atoms with van der Waals surface area (Å²) in [5.41, 5.74) is 2.12. The number of hydrogen-bond acceptors (Lipinski definition) is 6. The van der Waals surface area contributed by atoms with E-state index in [9.17, 15) is 18.0 Å². The summed E-state index contributed by atoms with van der Waals surface area (Å²) < 4.78 is 32.5. The Morgan fingerprint density at radius 1 is 1.00 bits per heavy atom. The lowest BCUT2D eigenvalue weighted by molar-refractivity contribution is 0.0894. The molecule has 42 heavy (non-hydrogen) atoms. The molecule has 224 valence electrons. The van der Waals surface area contributed by atoms with Gasteiger partial charge in [-0.15, -0.1) is 0 Å². The van der Waals surface area contributed by atoms with E-state index in [0.29, 0.717) is 37.2 Å². The van der Waals surface area contributed by atoms with Crippen LogP contribution in [-0.2, 0) is 16.6 Å². The Labute approximate surface area is 274 Å². The molecule has 0 saturated heterocycles. The summed E-state index contributed by atoms with van der Waals surface area (Å²) in [5.74, 6) is -1.07. The standard InChI is InChI=1S/C24H25Br4N9O4S/c1-35(2)42(40,41)36-9-19(32-11-36)20-14(8-31-24(39)18-5-16(26)22(28)34-18)12(3-13-7-29-10-37(13)20)6-30-23(38)17-4-15(25)21(27)33-17/h4-5,7,9-12,14,20,33-34H,3,6,8H2,1-2H3,(H,30,38)(H,31,39)/t12-,14-,20-/m1/s1. The third-order valence-electron chi connectivity index (χ3n) is 7.10. The van der Waals surface area contributed by atoms with Crippen LogP contribution in [0.5, 0.6) is 0 Å². The van der Waals surface area contributed by atoms with E-state index in [-0.39, 0.29) is 36.7 Å². The van der Waals surface area contributed by atoms with E-state index >= 15 is 0 Å². The number of aromatic amines is 2. The molecule has 0 saturated carbocycles. The molecule has 0 unspecified atom stereocenters. The van der Waals surface area contributed by atoms with Crippen LogP contribution in [0.3, 0.4) is 0 Å². The van der Waals surface area contributed by atoms with Gasteiger partial charge in [-0.1, -0.05) is 0 Å². The molecule has 0 radical (unpaired) electrons. The van der Waals surface area contributed by atoms with Crippen molar-refractivity contribution in [2.75, 3.05) is 27.2 Å². The van der Waals surface area contributed by atoms with Crippen LogP contribution < -0.4 is 10.6 Å². The predicted molar refractivity (Wildman–Crippen MR) is 168 cm³/mol. The summed E-state index contributed by atoms with van der Waals surface area (Å²) in [6.45, 7) is 0.494. The summed E-state index contributed by atoms with van der Waals surface area (Å²) >= 11 is 13.5. The van der Waals surface area contributed by atoms with Crippen molar-refractivity contribution in [1.29, 1.82) is 0 Å². The summed E-state index contributed by atoms with van der Waals surface area (Å²) in [7, 11) is -0.908. The maximum Gasteiger partial charge on any atom is 0.308 e. The van der Waals surface area contributed by atoms with Crippen molar-refractivity contribution >= 4 is 85.7 Å². The molecule has 0 spiro atoms. The third kappa shape index (κ3) is 6.19. The summed E-state index contributed by atoms with van der Waals surface area (Å²) in [6.07, 6.45) is 6.73. The molecule has 4 aromatic rings. The van der Waals surface area contributed by atoms with Gasteiger partial charge in [0, 0.05) is 51.2 Å². The molecule has 18 heteroatoms. The minimum Gasteiger partial charge on any atom is -0.350 e. The molecule has 2 amide bonds. The summed E-state index contributed by atoms with van der Waals surface area (Å²) in [5, 5.41) is 6.02. The highest BCUT2D eigenvalue weighted by molar-refractivity contribution is 9.13. The Hall–Kier alpha value is -2.25. The second-order valence-corrected chi connectivity index (χ2v) is 15.2. The number of fused-ring (bicyclic) bond motifs is 1. The molecule has 4 N–H and O–H groups in total. The van der Waals surface area contributed by atoms with E-state index in [1.54, 1.807) is 24.7 Å². The largest absolute Gasteiger partial charge is 0.350 e. The van der Waals surface area contributed by atoms with Crippen molar-refractivity contribution in [1.82, 2.24) is 43.4 Å². The first kappa shape index (κ1) is 31.2. The average molecular weight is 855 g/mol. The van der Waals surface area contributed by atoms with Gasteiger partial charge in [0.15, 0.2) is 0 Å². The number of aromatic nitrogens is 6. The summed E-state index contributed by atoms with van der Waals surface area (Å²) in [4.78, 5) is 40.9. The zero-order valence-corrected chi connectivity index (χ0v) is 29.3. The second kappa shape index (κ2) is 12.4. The molecule has 1 aliphatic rings. The zero-order valence-electron chi connectivity index (χ0n) is 22.1. The van der Waals surface area contributed by atoms with Gasteiger partial charge in [-0.05, 0) is 88.2 Å². The van der Waals surface area contributed by atoms with Crippen molar-refractivity contribution in [3.05, 3.63) is 78.1 Å². The van der Waals surface area contributed by atoms with Gasteiger partial charge in [0.05, 0.1) is 36.2 Å². The smallest absolute Gasteiger partial charge is 0.308 e. The zero-order chi connectivity index (χ0) is 30.3. The highest BCUT2D eigenvalue weighted by Crippen LogP contribution is 2.38. The first-order valence-electron chi connectivity index (χ1n) is 12.5. The lowest BCUT2D eigenvalue weighted by Gasteiger charge is -2.39. The molecule has 0 bridgehead atoms. The molecule has 1 aliphatic heterocycles. The third-order valence-corrected chi connectivity index (χ3v) is 12.3. The van der Waals surface area contributed by atoms with Crippen LogP contribution in [0.25, 0.3) is 0 Å². The van der Waals surface area contributed by atoms with Gasteiger partial charge in [-0.25, -0.2) is 13.9 Å². The Balaban J connectivity index is 1.47. The van der Waals surface area contributed by atoms with E-state index < -0.39 is 16.3 Å². The Kier molecular flexibility index (Phi) is 9.20. The number of halogens is 4. The highest BCUT2D eigenvalue weighted by Gasteiger charge is 2.40. The van der Waals surface area contributed by atoms with Crippen LogP contribution >= 0.6 is 63.7 Å². The maximum atomic E-state index is 13.1. The molecule has 4 aromatic heterocycles. The van der Waals surface area contributed by atoms with Crippen molar-refractivity contribution < 1.29 is 18.0 Å². The molecule has 5 rings (SSSR count). The normalized spacial score (nSPS) is 18.7. The van der Waals surface area contributed by atoms with Gasteiger partial charge in [0.1, 0.15) is 17.7 Å². The van der Waals surface area contributed by atoms with Crippen molar-refractivity contribution in [2.24, 2.45) is 11.8 Å². The SMILES string of the molecule is CN(C)S(=O)(=O)n1cnc([C@H]2[C@H](CNC(=O)c3cc(Br)c(Br)[nH]3)[C@@H](CNC(=O)c3cc(Br)c(Br)[nH]3)Cc3cncn32)c1. The fraction of sp³-hybridized carbons (Fsp3) is 0.333. The van der Waals surface area contributed by atoms with Crippen LogP contribution in [0.15, 0.2) is 55.3 Å². The molecule has 0 aliphatic carbocycles. The van der Waals surface area contributed by atoms with Crippen LogP contribution in [-0.4, -0.2) is 80.2 Å². The lowest BCUT2D eigenvalue weighted by Crippen LogP contribution is -2.46. The van der Waals surface area contributed by atoms with Crippen molar-refractivity contribution in [3.63, 3.8) is 0 Å². The highest BCUT2D eigenvalue weighted by atomic mass is 79.9. The molecular formula is C24H25Br4N9O4S. The van der Waals surface area contributed by atoms with Gasteiger partial charge in [0.2, 0.25) is 0 Å².